The number of amides is 1. The minimum Gasteiger partial charge on any atom is -0.325 e. The van der Waals surface area contributed by atoms with Gasteiger partial charge in [0.2, 0.25) is 0 Å². The smallest absolute Gasteiger partial charge is 0.270 e. The van der Waals surface area contributed by atoms with Crippen molar-refractivity contribution in [3.05, 3.63) is 33.7 Å². The van der Waals surface area contributed by atoms with Crippen LogP contribution in [-0.4, -0.2) is 10.9 Å². The van der Waals surface area contributed by atoms with E-state index in [-0.39, 0.29) is 11.5 Å². The Labute approximate surface area is 81.3 Å². The van der Waals surface area contributed by atoms with Gasteiger partial charge in [-0.05, 0) is 18.1 Å². The molecule has 0 atom stereocenters. The first-order valence-electron chi connectivity index (χ1n) is 4.30. The van der Waals surface area contributed by atoms with Crippen LogP contribution in [0.25, 0.3) is 0 Å². The fourth-order valence-electron chi connectivity index (χ4n) is 1.08. The van der Waals surface area contributed by atoms with Gasteiger partial charge in [-0.15, -0.1) is 0 Å². The minimum absolute atomic E-state index is 0.0249. The molecule has 4 N–H and O–H groups in total. The van der Waals surface area contributed by atoms with Gasteiger partial charge in [-0.25, -0.2) is 5.84 Å². The molecule has 0 radical (unpaired) electrons. The number of carbonyl (C=O) groups excluding carboxylic acids is 1. The van der Waals surface area contributed by atoms with Gasteiger partial charge in [0, 0.05) is 5.69 Å². The summed E-state index contributed by atoms with van der Waals surface area (Å²) in [6.45, 7) is 3.90. The number of hydrazine groups is 1. The molecule has 76 valence electrons. The molecule has 0 saturated carbocycles. The maximum Gasteiger partial charge on any atom is 0.270 e. The second kappa shape index (κ2) is 4.06. The quantitative estimate of drug-likeness (QED) is 0.355. The van der Waals surface area contributed by atoms with Crippen molar-refractivity contribution in [3.8, 4) is 0 Å². The number of hydrogen-bond donors (Lipinski definition) is 3. The number of carbonyl (C=O) groups is 1. The number of nitrogen functional groups attached to an aromatic ring is 1. The summed E-state index contributed by atoms with van der Waals surface area (Å²) in [5, 5.41) is 0. The Morgan fingerprint density at radius 3 is 2.57 bits per heavy atom. The summed E-state index contributed by atoms with van der Waals surface area (Å²) in [6, 6.07) is 3.17. The van der Waals surface area contributed by atoms with E-state index in [9.17, 15) is 9.59 Å². The Morgan fingerprint density at radius 2 is 2.14 bits per heavy atom. The van der Waals surface area contributed by atoms with Crippen molar-refractivity contribution in [3.63, 3.8) is 0 Å². The monoisotopic (exact) mass is 195 g/mol. The first-order valence-corrected chi connectivity index (χ1v) is 4.30. The maximum absolute atomic E-state index is 11.4. The highest BCUT2D eigenvalue weighted by atomic mass is 16.2. The van der Waals surface area contributed by atoms with Gasteiger partial charge in [0.25, 0.3) is 11.5 Å². The predicted octanol–water partition coefficient (Wildman–Crippen LogP) is 0.102. The molecular weight excluding hydrogens is 182 g/mol. The number of aromatic nitrogens is 1. The van der Waals surface area contributed by atoms with Gasteiger partial charge in [0.1, 0.15) is 5.56 Å². The lowest BCUT2D eigenvalue weighted by atomic mass is 10.1. The lowest BCUT2D eigenvalue weighted by molar-refractivity contribution is 0.0952. The molecule has 0 aliphatic carbocycles. The molecule has 0 spiro atoms. The van der Waals surface area contributed by atoms with Crippen molar-refractivity contribution in [2.45, 2.75) is 19.8 Å². The first kappa shape index (κ1) is 10.5. The molecule has 1 aromatic heterocycles. The van der Waals surface area contributed by atoms with Crippen molar-refractivity contribution in [2.24, 2.45) is 5.84 Å². The van der Waals surface area contributed by atoms with Crippen molar-refractivity contribution in [1.29, 1.82) is 0 Å². The average Bonchev–Trinajstić information content (AvgIpc) is 2.16. The minimum atomic E-state index is -0.582. The molecule has 1 aromatic rings. The van der Waals surface area contributed by atoms with Gasteiger partial charge in [-0.3, -0.25) is 15.0 Å². The van der Waals surface area contributed by atoms with Crippen LogP contribution in [0.1, 0.15) is 35.8 Å². The van der Waals surface area contributed by atoms with Crippen LogP contribution in [0.5, 0.6) is 0 Å². The molecule has 0 bridgehead atoms. The molecule has 1 heterocycles. The number of rotatable bonds is 2. The fourth-order valence-corrected chi connectivity index (χ4v) is 1.08. The van der Waals surface area contributed by atoms with Gasteiger partial charge in [-0.1, -0.05) is 13.8 Å². The zero-order valence-corrected chi connectivity index (χ0v) is 8.13. The lowest BCUT2D eigenvalue weighted by Gasteiger charge is -2.05. The van der Waals surface area contributed by atoms with Crippen LogP contribution in [0.3, 0.4) is 0 Å². The summed E-state index contributed by atoms with van der Waals surface area (Å²) in [5.41, 5.74) is 2.31. The normalized spacial score (nSPS) is 10.3. The molecule has 0 saturated heterocycles. The molecule has 0 fully saturated rings. The third kappa shape index (κ3) is 2.00. The van der Waals surface area contributed by atoms with Crippen LogP contribution >= 0.6 is 0 Å². The molecule has 0 aromatic carbocycles. The van der Waals surface area contributed by atoms with E-state index in [4.69, 9.17) is 5.84 Å². The van der Waals surface area contributed by atoms with Crippen LogP contribution < -0.4 is 16.8 Å². The zero-order valence-electron chi connectivity index (χ0n) is 8.13. The number of H-pyrrole nitrogens is 1. The highest BCUT2D eigenvalue weighted by Crippen LogP contribution is 2.08. The third-order valence-electron chi connectivity index (χ3n) is 1.93. The largest absolute Gasteiger partial charge is 0.325 e. The summed E-state index contributed by atoms with van der Waals surface area (Å²) in [7, 11) is 0. The summed E-state index contributed by atoms with van der Waals surface area (Å²) >= 11 is 0. The fraction of sp³-hybridized carbons (Fsp3) is 0.333. The van der Waals surface area contributed by atoms with Crippen molar-refractivity contribution >= 4 is 5.91 Å². The number of nitrogens with two attached hydrogens (primary N) is 1. The van der Waals surface area contributed by atoms with Gasteiger partial charge >= 0.3 is 0 Å². The van der Waals surface area contributed by atoms with E-state index in [1.807, 2.05) is 19.3 Å². The second-order valence-electron chi connectivity index (χ2n) is 3.28. The Morgan fingerprint density at radius 1 is 1.50 bits per heavy atom. The molecule has 5 nitrogen and oxygen atoms in total. The number of hydrogen-bond acceptors (Lipinski definition) is 3. The molecule has 1 rings (SSSR count). The van der Waals surface area contributed by atoms with E-state index in [1.54, 1.807) is 6.07 Å². The Kier molecular flexibility index (Phi) is 3.03. The van der Waals surface area contributed by atoms with Gasteiger partial charge in [-0.2, -0.15) is 0 Å². The van der Waals surface area contributed by atoms with Gasteiger partial charge in [0.15, 0.2) is 0 Å². The highest BCUT2D eigenvalue weighted by Gasteiger charge is 2.09. The molecule has 14 heavy (non-hydrogen) atoms. The highest BCUT2D eigenvalue weighted by molar-refractivity contribution is 5.93. The van der Waals surface area contributed by atoms with Crippen molar-refractivity contribution in [2.75, 3.05) is 0 Å². The van der Waals surface area contributed by atoms with Crippen molar-refractivity contribution < 1.29 is 4.79 Å². The summed E-state index contributed by atoms with van der Waals surface area (Å²) < 4.78 is 0. The summed E-state index contributed by atoms with van der Waals surface area (Å²) in [5.74, 6) is 4.56. The average molecular weight is 195 g/mol. The molecule has 1 amide bonds. The van der Waals surface area contributed by atoms with E-state index in [0.29, 0.717) is 0 Å². The van der Waals surface area contributed by atoms with Gasteiger partial charge in [0.05, 0.1) is 0 Å². The standard InChI is InChI=1S/C9H13N3O2/c1-5(2)7-4-3-6(8(13)11-7)9(14)12-10/h3-5H,10H2,1-2H3,(H,11,13)(H,12,14). The topological polar surface area (TPSA) is 88.0 Å². The maximum atomic E-state index is 11.4. The lowest BCUT2D eigenvalue weighted by Crippen LogP contribution is -2.34. The van der Waals surface area contributed by atoms with E-state index in [2.05, 4.69) is 4.98 Å². The van der Waals surface area contributed by atoms with E-state index in [0.717, 1.165) is 5.69 Å². The molecular formula is C9H13N3O2. The molecule has 0 aliphatic heterocycles. The van der Waals surface area contributed by atoms with Gasteiger partial charge < -0.3 is 4.98 Å². The van der Waals surface area contributed by atoms with E-state index in [1.165, 1.54) is 6.07 Å². The van der Waals surface area contributed by atoms with E-state index < -0.39 is 11.5 Å². The Bertz CT molecular complexity index is 395. The number of nitrogens with one attached hydrogen (secondary N) is 2. The number of pyridine rings is 1. The predicted molar refractivity (Wildman–Crippen MR) is 52.8 cm³/mol. The molecule has 5 heteroatoms. The SMILES string of the molecule is CC(C)c1ccc(C(=O)NN)c(=O)[nH]1. The molecule has 0 aliphatic rings. The Balaban J connectivity index is 3.14. The Hall–Kier alpha value is -1.62. The van der Waals surface area contributed by atoms with Crippen LogP contribution in [-0.2, 0) is 0 Å². The number of aromatic amines is 1. The summed E-state index contributed by atoms with van der Waals surface area (Å²) in [4.78, 5) is 25.1. The first-order chi connectivity index (χ1) is 6.56. The summed E-state index contributed by atoms with van der Waals surface area (Å²) in [6.07, 6.45) is 0. The zero-order chi connectivity index (χ0) is 10.7. The third-order valence-corrected chi connectivity index (χ3v) is 1.93. The molecule has 0 unspecified atom stereocenters. The van der Waals surface area contributed by atoms with Crippen LogP contribution in [0, 0.1) is 0 Å². The second-order valence-corrected chi connectivity index (χ2v) is 3.28. The van der Waals surface area contributed by atoms with Crippen LogP contribution in [0.15, 0.2) is 16.9 Å². The van der Waals surface area contributed by atoms with Crippen LogP contribution in [0.4, 0.5) is 0 Å². The van der Waals surface area contributed by atoms with Crippen molar-refractivity contribution in [1.82, 2.24) is 10.4 Å². The van der Waals surface area contributed by atoms with E-state index >= 15 is 0 Å². The van der Waals surface area contributed by atoms with Crippen LogP contribution in [0.2, 0.25) is 0 Å².